The number of nitrogens with zero attached hydrogens (tertiary/aromatic N) is 1. The molecule has 0 bridgehead atoms. The predicted octanol–water partition coefficient (Wildman–Crippen LogP) is 2.36. The third-order valence-corrected chi connectivity index (χ3v) is 3.10. The van der Waals surface area contributed by atoms with Gasteiger partial charge in [0.1, 0.15) is 0 Å². The number of hydrogen-bond acceptors (Lipinski definition) is 5. The summed E-state index contributed by atoms with van der Waals surface area (Å²) < 4.78 is 5.11. The number of rotatable bonds is 10. The smallest absolute Gasteiger partial charge is 0.407 e. The fourth-order valence-corrected chi connectivity index (χ4v) is 1.82. The molecule has 1 aromatic rings. The highest BCUT2D eigenvalue weighted by Crippen LogP contribution is 2.00. The molecule has 0 saturated heterocycles. The molecular weight excluding hydrogens is 342 g/mol. The number of aromatic nitrogens is 2. The van der Waals surface area contributed by atoms with Crippen LogP contribution in [-0.2, 0) is 20.7 Å². The monoisotopic (exact) mass is 369 g/mol. The molecule has 0 radical (unpaired) electrons. The van der Waals surface area contributed by atoms with Crippen LogP contribution in [0.15, 0.2) is 24.7 Å². The zero-order chi connectivity index (χ0) is 19.8. The van der Waals surface area contributed by atoms with Gasteiger partial charge in [-0.1, -0.05) is 19.8 Å². The first-order valence-corrected chi connectivity index (χ1v) is 8.39. The number of carboxylic acids is 2. The van der Waals surface area contributed by atoms with Crippen molar-refractivity contribution in [1.29, 1.82) is 0 Å². The van der Waals surface area contributed by atoms with Crippen LogP contribution < -0.4 is 5.32 Å². The van der Waals surface area contributed by atoms with E-state index in [9.17, 15) is 14.4 Å². The molecule has 1 atom stereocenters. The summed E-state index contributed by atoms with van der Waals surface area (Å²) in [5.41, 5.74) is 1.07. The number of hydrogen-bond donors (Lipinski definition) is 4. The van der Waals surface area contributed by atoms with E-state index in [1.54, 1.807) is 12.5 Å². The molecule has 26 heavy (non-hydrogen) atoms. The number of carboxylic acid groups (broad SMARTS) is 2. The Balaban J connectivity index is 0.000000660. The molecule has 0 aromatic carbocycles. The first kappa shape index (κ1) is 23.2. The number of nitrogens with one attached hydrogen (secondary N) is 2. The third kappa shape index (κ3) is 14.7. The Bertz CT molecular complexity index is 541. The van der Waals surface area contributed by atoms with E-state index in [-0.39, 0.29) is 12.1 Å². The van der Waals surface area contributed by atoms with Gasteiger partial charge in [-0.15, -0.1) is 0 Å². The minimum absolute atomic E-state index is 0.185. The minimum Gasteiger partial charge on any atom is -0.478 e. The molecule has 0 fully saturated rings. The van der Waals surface area contributed by atoms with Gasteiger partial charge >= 0.3 is 18.0 Å². The van der Waals surface area contributed by atoms with Gasteiger partial charge in [0.15, 0.2) is 0 Å². The van der Waals surface area contributed by atoms with Crippen LogP contribution in [0.4, 0.5) is 4.79 Å². The van der Waals surface area contributed by atoms with E-state index in [4.69, 9.17) is 14.9 Å². The summed E-state index contributed by atoms with van der Waals surface area (Å²) in [5, 5.41) is 18.5. The largest absolute Gasteiger partial charge is 0.478 e. The zero-order valence-corrected chi connectivity index (χ0v) is 15.1. The van der Waals surface area contributed by atoms with Gasteiger partial charge in [-0.25, -0.2) is 19.4 Å². The summed E-state index contributed by atoms with van der Waals surface area (Å²) in [4.78, 5) is 37.5. The molecule has 0 aliphatic carbocycles. The summed E-state index contributed by atoms with van der Waals surface area (Å²) in [5.74, 6) is -2.51. The summed E-state index contributed by atoms with van der Waals surface area (Å²) >= 11 is 0. The van der Waals surface area contributed by atoms with Crippen LogP contribution in [0.1, 0.15) is 45.2 Å². The van der Waals surface area contributed by atoms with Gasteiger partial charge in [0.2, 0.25) is 0 Å². The third-order valence-electron chi connectivity index (χ3n) is 3.10. The Hall–Kier alpha value is -2.84. The molecule has 0 aliphatic rings. The molecule has 9 nitrogen and oxygen atoms in total. The summed E-state index contributed by atoms with van der Waals surface area (Å²) in [7, 11) is 0. The molecule has 1 aromatic heterocycles. The van der Waals surface area contributed by atoms with Crippen molar-refractivity contribution in [2.75, 3.05) is 6.61 Å². The first-order valence-electron chi connectivity index (χ1n) is 8.39. The van der Waals surface area contributed by atoms with Crippen molar-refractivity contribution in [2.45, 2.75) is 52.0 Å². The summed E-state index contributed by atoms with van der Waals surface area (Å²) in [6.07, 6.45) is 9.16. The zero-order valence-electron chi connectivity index (χ0n) is 15.1. The van der Waals surface area contributed by atoms with Crippen LogP contribution in [0.3, 0.4) is 0 Å². The number of carbonyl (C=O) groups excluding carboxylic acids is 1. The lowest BCUT2D eigenvalue weighted by Crippen LogP contribution is -2.33. The SMILES string of the molecule is CCCC[C@@H](C)NC(=O)OCCCc1cnc[nH]1.O=C(O)/C=C/C(=O)O. The van der Waals surface area contributed by atoms with Gasteiger partial charge in [0, 0.05) is 30.1 Å². The Morgan fingerprint density at radius 3 is 2.42 bits per heavy atom. The molecule has 1 rings (SSSR count). The van der Waals surface area contributed by atoms with E-state index < -0.39 is 11.9 Å². The maximum Gasteiger partial charge on any atom is 0.407 e. The van der Waals surface area contributed by atoms with Gasteiger partial charge in [0.25, 0.3) is 0 Å². The fraction of sp³-hybridized carbons (Fsp3) is 0.529. The van der Waals surface area contributed by atoms with E-state index in [0.717, 1.165) is 37.8 Å². The van der Waals surface area contributed by atoms with Crippen molar-refractivity contribution in [3.63, 3.8) is 0 Å². The van der Waals surface area contributed by atoms with E-state index in [1.807, 2.05) is 6.92 Å². The number of aromatic amines is 1. The Morgan fingerprint density at radius 2 is 1.92 bits per heavy atom. The van der Waals surface area contributed by atoms with Gasteiger partial charge in [-0.05, 0) is 26.2 Å². The average molecular weight is 369 g/mol. The number of aliphatic carboxylic acids is 2. The topological polar surface area (TPSA) is 142 Å². The maximum atomic E-state index is 11.4. The number of amides is 1. The molecular formula is C17H27N3O6. The highest BCUT2D eigenvalue weighted by molar-refractivity contribution is 5.89. The second-order valence-corrected chi connectivity index (χ2v) is 5.51. The average Bonchev–Trinajstić information content (AvgIpc) is 3.09. The number of ether oxygens (including phenoxy) is 1. The Labute approximate surface area is 152 Å². The molecule has 0 saturated carbocycles. The van der Waals surface area contributed by atoms with Crippen molar-refractivity contribution in [3.8, 4) is 0 Å². The Kier molecular flexibility index (Phi) is 12.9. The van der Waals surface area contributed by atoms with Gasteiger partial charge in [-0.2, -0.15) is 0 Å². The highest BCUT2D eigenvalue weighted by Gasteiger charge is 2.07. The second kappa shape index (κ2) is 14.5. The summed E-state index contributed by atoms with van der Waals surface area (Å²) in [6, 6.07) is 0.185. The molecule has 0 spiro atoms. The van der Waals surface area contributed by atoms with Crippen LogP contribution in [0.5, 0.6) is 0 Å². The van der Waals surface area contributed by atoms with Crippen LogP contribution >= 0.6 is 0 Å². The fourth-order valence-electron chi connectivity index (χ4n) is 1.82. The lowest BCUT2D eigenvalue weighted by atomic mass is 10.1. The lowest BCUT2D eigenvalue weighted by Gasteiger charge is -2.13. The first-order chi connectivity index (χ1) is 12.3. The summed E-state index contributed by atoms with van der Waals surface area (Å²) in [6.45, 7) is 4.58. The van der Waals surface area contributed by atoms with Crippen molar-refractivity contribution >= 4 is 18.0 Å². The van der Waals surface area contributed by atoms with Crippen molar-refractivity contribution in [1.82, 2.24) is 15.3 Å². The number of aryl methyl sites for hydroxylation is 1. The number of alkyl carbamates (subject to hydrolysis) is 1. The van der Waals surface area contributed by atoms with Crippen molar-refractivity contribution in [3.05, 3.63) is 30.4 Å². The van der Waals surface area contributed by atoms with Crippen LogP contribution in [0.2, 0.25) is 0 Å². The quantitative estimate of drug-likeness (QED) is 0.366. The Morgan fingerprint density at radius 1 is 1.27 bits per heavy atom. The standard InChI is InChI=1S/C13H23N3O2.C4H4O4/c1-3-4-6-11(2)16-13(17)18-8-5-7-12-9-14-10-15-12;5-3(6)1-2-4(7)8/h9-11H,3-8H2,1-2H3,(H,14,15)(H,16,17);1-2H,(H,5,6)(H,7,8)/b;2-1+/t11-;/m1./s1. The molecule has 146 valence electrons. The van der Waals surface area contributed by atoms with Crippen molar-refractivity contribution < 1.29 is 29.3 Å². The van der Waals surface area contributed by atoms with Gasteiger partial charge < -0.3 is 25.3 Å². The lowest BCUT2D eigenvalue weighted by molar-refractivity contribution is -0.134. The number of imidazole rings is 1. The van der Waals surface area contributed by atoms with Crippen LogP contribution in [-0.4, -0.2) is 50.9 Å². The van der Waals surface area contributed by atoms with Crippen LogP contribution in [0.25, 0.3) is 0 Å². The molecule has 1 amide bonds. The van der Waals surface area contributed by atoms with Crippen molar-refractivity contribution in [2.24, 2.45) is 0 Å². The normalized spacial score (nSPS) is 11.3. The van der Waals surface area contributed by atoms with E-state index in [0.29, 0.717) is 18.8 Å². The minimum atomic E-state index is -1.26. The van der Waals surface area contributed by atoms with Crippen LogP contribution in [0, 0.1) is 0 Å². The van der Waals surface area contributed by atoms with E-state index in [1.165, 1.54) is 0 Å². The molecule has 1 heterocycles. The predicted molar refractivity (Wildman–Crippen MR) is 94.8 cm³/mol. The number of H-pyrrole nitrogens is 1. The number of carbonyl (C=O) groups is 3. The molecule has 9 heteroatoms. The van der Waals surface area contributed by atoms with E-state index in [2.05, 4.69) is 22.2 Å². The van der Waals surface area contributed by atoms with Gasteiger partial charge in [-0.3, -0.25) is 0 Å². The molecule has 0 unspecified atom stereocenters. The maximum absolute atomic E-state index is 11.4. The highest BCUT2D eigenvalue weighted by atomic mass is 16.5. The molecule has 4 N–H and O–H groups in total. The van der Waals surface area contributed by atoms with E-state index >= 15 is 0 Å². The number of unbranched alkanes of at least 4 members (excludes halogenated alkanes) is 1. The van der Waals surface area contributed by atoms with Gasteiger partial charge in [0.05, 0.1) is 12.9 Å². The second-order valence-electron chi connectivity index (χ2n) is 5.51. The molecule has 0 aliphatic heterocycles.